The molecule has 0 aromatic carbocycles. The molecule has 1 fully saturated rings. The number of pyridine rings is 1. The lowest BCUT2D eigenvalue weighted by molar-refractivity contribution is 0.226. The third-order valence-corrected chi connectivity index (χ3v) is 3.78. The normalized spacial score (nSPS) is 20.2. The topological polar surface area (TPSA) is 54.2 Å². The van der Waals surface area contributed by atoms with Crippen LogP contribution in [0.5, 0.6) is 0 Å². The van der Waals surface area contributed by atoms with Gasteiger partial charge in [0.05, 0.1) is 0 Å². The Morgan fingerprint density at radius 3 is 3.05 bits per heavy atom. The molecule has 0 bridgehead atoms. The van der Waals surface area contributed by atoms with Gasteiger partial charge in [0, 0.05) is 23.8 Å². The largest absolute Gasteiger partial charge is 0.389 e. The molecule has 3 N–H and O–H groups in total. The van der Waals surface area contributed by atoms with Crippen molar-refractivity contribution < 1.29 is 0 Å². The predicted octanol–water partition coefficient (Wildman–Crippen LogP) is 1.92. The van der Waals surface area contributed by atoms with Crippen LogP contribution in [0.15, 0.2) is 12.1 Å². The Hall–Kier alpha value is -1.20. The fourth-order valence-corrected chi connectivity index (χ4v) is 2.67. The Kier molecular flexibility index (Phi) is 4.71. The highest BCUT2D eigenvalue weighted by molar-refractivity contribution is 7.80. The van der Waals surface area contributed by atoms with Crippen LogP contribution < -0.4 is 11.1 Å². The zero-order valence-electron chi connectivity index (χ0n) is 11.6. The van der Waals surface area contributed by atoms with Crippen molar-refractivity contribution in [3.05, 3.63) is 23.4 Å². The van der Waals surface area contributed by atoms with Crippen molar-refractivity contribution in [2.75, 3.05) is 25.0 Å². The molecule has 1 aliphatic heterocycles. The third kappa shape index (κ3) is 3.88. The highest BCUT2D eigenvalue weighted by Crippen LogP contribution is 2.16. The van der Waals surface area contributed by atoms with E-state index < -0.39 is 0 Å². The number of aromatic nitrogens is 1. The van der Waals surface area contributed by atoms with Crippen molar-refractivity contribution in [1.29, 1.82) is 0 Å². The minimum atomic E-state index is 0.423. The lowest BCUT2D eigenvalue weighted by atomic mass is 10.1. The van der Waals surface area contributed by atoms with Gasteiger partial charge in [0.15, 0.2) is 0 Å². The van der Waals surface area contributed by atoms with Crippen LogP contribution in [0, 0.1) is 6.92 Å². The maximum atomic E-state index is 5.70. The second-order valence-corrected chi connectivity index (χ2v) is 5.56. The number of hydrogen-bond donors (Lipinski definition) is 2. The van der Waals surface area contributed by atoms with E-state index in [1.54, 1.807) is 0 Å². The van der Waals surface area contributed by atoms with Crippen LogP contribution in [0.25, 0.3) is 0 Å². The van der Waals surface area contributed by atoms with Gasteiger partial charge in [-0.15, -0.1) is 0 Å². The first-order chi connectivity index (χ1) is 9.08. The number of piperidine rings is 1. The quantitative estimate of drug-likeness (QED) is 0.824. The summed E-state index contributed by atoms with van der Waals surface area (Å²) in [7, 11) is 0. The van der Waals surface area contributed by atoms with E-state index in [0.717, 1.165) is 30.2 Å². The Labute approximate surface area is 120 Å². The van der Waals surface area contributed by atoms with Gasteiger partial charge in [0.25, 0.3) is 0 Å². The van der Waals surface area contributed by atoms with Gasteiger partial charge in [-0.1, -0.05) is 19.1 Å². The van der Waals surface area contributed by atoms with E-state index in [1.807, 2.05) is 19.1 Å². The molecule has 1 aliphatic rings. The van der Waals surface area contributed by atoms with Crippen LogP contribution >= 0.6 is 12.2 Å². The summed E-state index contributed by atoms with van der Waals surface area (Å²) in [5.74, 6) is 0.880. The van der Waals surface area contributed by atoms with Gasteiger partial charge in [-0.3, -0.25) is 0 Å². The van der Waals surface area contributed by atoms with E-state index in [9.17, 15) is 0 Å². The van der Waals surface area contributed by atoms with E-state index in [2.05, 4.69) is 22.1 Å². The molecule has 1 unspecified atom stereocenters. The first-order valence-corrected chi connectivity index (χ1v) is 7.26. The zero-order valence-corrected chi connectivity index (χ0v) is 12.5. The number of aryl methyl sites for hydroxylation is 1. The van der Waals surface area contributed by atoms with E-state index in [-0.39, 0.29) is 0 Å². The summed E-state index contributed by atoms with van der Waals surface area (Å²) in [6, 6.07) is 4.33. The Balaban J connectivity index is 2.08. The molecule has 5 heteroatoms. The molecule has 0 saturated carbocycles. The number of hydrogen-bond acceptors (Lipinski definition) is 4. The highest BCUT2D eigenvalue weighted by Gasteiger charge is 2.19. The summed E-state index contributed by atoms with van der Waals surface area (Å²) in [5.41, 5.74) is 7.52. The fourth-order valence-electron chi connectivity index (χ4n) is 2.55. The smallest absolute Gasteiger partial charge is 0.127 e. The number of likely N-dealkylation sites (tertiary alicyclic amines) is 1. The summed E-state index contributed by atoms with van der Waals surface area (Å²) in [5, 5.41) is 3.51. The standard InChI is InChI=1S/C14H22N4S/c1-3-18-6-4-5-12(9-18)17-13-8-11(14(15)19)7-10(2)16-13/h7-8,12H,3-6,9H2,1-2H3,(H2,15,19)(H,16,17). The number of anilines is 1. The van der Waals surface area contributed by atoms with E-state index in [4.69, 9.17) is 18.0 Å². The molecule has 1 aromatic heterocycles. The fraction of sp³-hybridized carbons (Fsp3) is 0.571. The van der Waals surface area contributed by atoms with Gasteiger partial charge in [0.1, 0.15) is 10.8 Å². The van der Waals surface area contributed by atoms with Crippen LogP contribution in [-0.4, -0.2) is 40.5 Å². The number of nitrogens with zero attached hydrogens (tertiary/aromatic N) is 2. The summed E-state index contributed by atoms with van der Waals surface area (Å²) in [6.07, 6.45) is 2.42. The number of likely N-dealkylation sites (N-methyl/N-ethyl adjacent to an activating group) is 1. The Morgan fingerprint density at radius 2 is 2.37 bits per heavy atom. The molecular weight excluding hydrogens is 256 g/mol. The molecule has 104 valence electrons. The Bertz CT molecular complexity index is 461. The molecule has 2 rings (SSSR count). The monoisotopic (exact) mass is 278 g/mol. The summed E-state index contributed by atoms with van der Waals surface area (Å²) < 4.78 is 0. The van der Waals surface area contributed by atoms with Gasteiger partial charge in [-0.25, -0.2) is 4.98 Å². The van der Waals surface area contributed by atoms with Crippen molar-refractivity contribution in [2.24, 2.45) is 5.73 Å². The average molecular weight is 278 g/mol. The first kappa shape index (κ1) is 14.2. The first-order valence-electron chi connectivity index (χ1n) is 6.86. The Morgan fingerprint density at radius 1 is 1.58 bits per heavy atom. The number of rotatable bonds is 4. The maximum absolute atomic E-state index is 5.70. The molecule has 2 heterocycles. The van der Waals surface area contributed by atoms with Gasteiger partial charge in [-0.2, -0.15) is 0 Å². The SMILES string of the molecule is CCN1CCCC(Nc2cc(C(N)=S)cc(C)n2)C1. The lowest BCUT2D eigenvalue weighted by Gasteiger charge is -2.32. The molecule has 1 aromatic rings. The van der Waals surface area contributed by atoms with Crippen molar-refractivity contribution >= 4 is 23.0 Å². The van der Waals surface area contributed by atoms with Gasteiger partial charge in [-0.05, 0) is 45.0 Å². The summed E-state index contributed by atoms with van der Waals surface area (Å²) in [4.78, 5) is 7.40. The average Bonchev–Trinajstić information content (AvgIpc) is 2.38. The van der Waals surface area contributed by atoms with Crippen molar-refractivity contribution in [2.45, 2.75) is 32.7 Å². The van der Waals surface area contributed by atoms with Crippen molar-refractivity contribution in [1.82, 2.24) is 9.88 Å². The number of nitrogens with one attached hydrogen (secondary N) is 1. The molecule has 0 radical (unpaired) electrons. The van der Waals surface area contributed by atoms with E-state index in [0.29, 0.717) is 11.0 Å². The van der Waals surface area contributed by atoms with Gasteiger partial charge in [0.2, 0.25) is 0 Å². The third-order valence-electron chi connectivity index (χ3n) is 3.54. The van der Waals surface area contributed by atoms with Gasteiger partial charge >= 0.3 is 0 Å². The van der Waals surface area contributed by atoms with Crippen LogP contribution in [0.3, 0.4) is 0 Å². The van der Waals surface area contributed by atoms with E-state index in [1.165, 1.54) is 19.4 Å². The molecular formula is C14H22N4S. The molecule has 1 atom stereocenters. The zero-order chi connectivity index (χ0) is 13.8. The lowest BCUT2D eigenvalue weighted by Crippen LogP contribution is -2.42. The van der Waals surface area contributed by atoms with Crippen molar-refractivity contribution in [3.8, 4) is 0 Å². The predicted molar refractivity (Wildman–Crippen MR) is 83.6 cm³/mol. The van der Waals surface area contributed by atoms with Gasteiger partial charge < -0.3 is 16.0 Å². The molecule has 0 spiro atoms. The van der Waals surface area contributed by atoms with Crippen LogP contribution in [-0.2, 0) is 0 Å². The van der Waals surface area contributed by atoms with Crippen LogP contribution in [0.2, 0.25) is 0 Å². The second kappa shape index (κ2) is 6.30. The summed E-state index contributed by atoms with van der Waals surface area (Å²) >= 11 is 5.04. The highest BCUT2D eigenvalue weighted by atomic mass is 32.1. The minimum absolute atomic E-state index is 0.423. The van der Waals surface area contributed by atoms with Crippen molar-refractivity contribution in [3.63, 3.8) is 0 Å². The minimum Gasteiger partial charge on any atom is -0.389 e. The molecule has 0 amide bonds. The molecule has 1 saturated heterocycles. The molecule has 0 aliphatic carbocycles. The molecule has 4 nitrogen and oxygen atoms in total. The maximum Gasteiger partial charge on any atom is 0.127 e. The second-order valence-electron chi connectivity index (χ2n) is 5.12. The number of thiocarbonyl (C=S) groups is 1. The van der Waals surface area contributed by atoms with Crippen LogP contribution in [0.4, 0.5) is 5.82 Å². The summed E-state index contributed by atoms with van der Waals surface area (Å²) in [6.45, 7) is 7.56. The van der Waals surface area contributed by atoms with Crippen LogP contribution in [0.1, 0.15) is 31.0 Å². The number of nitrogens with two attached hydrogens (primary N) is 1. The van der Waals surface area contributed by atoms with E-state index >= 15 is 0 Å². The molecule has 19 heavy (non-hydrogen) atoms.